The number of fused-ring (bicyclic) bond motifs is 2. The number of carbonyl (C=O) groups is 1. The van der Waals surface area contributed by atoms with Gasteiger partial charge in [0.15, 0.2) is 4.80 Å². The molecule has 0 aliphatic carbocycles. The molecule has 0 bridgehead atoms. The summed E-state index contributed by atoms with van der Waals surface area (Å²) in [7, 11) is 0. The van der Waals surface area contributed by atoms with Crippen LogP contribution in [0.2, 0.25) is 0 Å². The first-order chi connectivity index (χ1) is 16.5. The molecule has 0 amide bonds. The van der Waals surface area contributed by atoms with Crippen molar-refractivity contribution in [2.45, 2.75) is 32.9 Å². The van der Waals surface area contributed by atoms with Crippen molar-refractivity contribution >= 4 is 29.5 Å². The van der Waals surface area contributed by atoms with Crippen molar-refractivity contribution in [3.05, 3.63) is 102 Å². The molecule has 0 saturated heterocycles. The van der Waals surface area contributed by atoms with Gasteiger partial charge in [0, 0.05) is 5.56 Å². The van der Waals surface area contributed by atoms with Crippen LogP contribution in [0.1, 0.15) is 37.9 Å². The highest BCUT2D eigenvalue weighted by Gasteiger charge is 2.33. The molecule has 0 saturated carbocycles. The maximum Gasteiger partial charge on any atom is 0.338 e. The summed E-state index contributed by atoms with van der Waals surface area (Å²) in [4.78, 5) is 31.8. The Morgan fingerprint density at radius 3 is 2.68 bits per heavy atom. The molecule has 2 atom stereocenters. The summed E-state index contributed by atoms with van der Waals surface area (Å²) in [6, 6.07) is 16.7. The minimum absolute atomic E-state index is 0.195. The third kappa shape index (κ3) is 3.82. The zero-order valence-electron chi connectivity index (χ0n) is 19.1. The second-order valence-corrected chi connectivity index (χ2v) is 9.16. The average Bonchev–Trinajstić information content (AvgIpc) is 3.13. The smallest absolute Gasteiger partial charge is 0.338 e. The van der Waals surface area contributed by atoms with E-state index in [1.54, 1.807) is 18.4 Å². The van der Waals surface area contributed by atoms with Gasteiger partial charge in [0.25, 0.3) is 5.56 Å². The fourth-order valence-corrected chi connectivity index (χ4v) is 5.36. The van der Waals surface area contributed by atoms with Crippen LogP contribution < -0.4 is 19.6 Å². The highest BCUT2D eigenvalue weighted by atomic mass is 32.1. The molecular weight excluding hydrogens is 448 g/mol. The van der Waals surface area contributed by atoms with Crippen LogP contribution in [0.15, 0.2) is 81.2 Å². The maximum absolute atomic E-state index is 13.7. The number of carbonyl (C=O) groups excluding carboxylic acids is 1. The molecule has 0 radical (unpaired) electrons. The highest BCUT2D eigenvalue weighted by Crippen LogP contribution is 2.31. The lowest BCUT2D eigenvalue weighted by Gasteiger charge is -2.24. The summed E-state index contributed by atoms with van der Waals surface area (Å²) in [6.07, 6.45) is 3.72. The van der Waals surface area contributed by atoms with E-state index in [0.717, 1.165) is 22.4 Å². The van der Waals surface area contributed by atoms with Gasteiger partial charge in [-0.2, -0.15) is 0 Å². The third-order valence-electron chi connectivity index (χ3n) is 5.94. The molecule has 34 heavy (non-hydrogen) atoms. The predicted molar refractivity (Wildman–Crippen MR) is 132 cm³/mol. The van der Waals surface area contributed by atoms with Gasteiger partial charge in [0.1, 0.15) is 11.9 Å². The summed E-state index contributed by atoms with van der Waals surface area (Å²) < 4.78 is 13.5. The van der Waals surface area contributed by atoms with Crippen molar-refractivity contribution in [2.24, 2.45) is 4.99 Å². The number of ether oxygens (including phenoxy) is 2. The van der Waals surface area contributed by atoms with Crippen molar-refractivity contribution in [3.63, 3.8) is 0 Å². The van der Waals surface area contributed by atoms with E-state index in [4.69, 9.17) is 9.47 Å². The molecule has 1 aromatic heterocycles. The first kappa shape index (κ1) is 22.1. The van der Waals surface area contributed by atoms with Gasteiger partial charge in [-0.1, -0.05) is 59.9 Å². The quantitative estimate of drug-likeness (QED) is 0.544. The normalized spacial score (nSPS) is 19.5. The van der Waals surface area contributed by atoms with Gasteiger partial charge < -0.3 is 9.47 Å². The zero-order chi connectivity index (χ0) is 23.8. The van der Waals surface area contributed by atoms with E-state index in [0.29, 0.717) is 20.6 Å². The number of hydrogen-bond donors (Lipinski definition) is 0. The lowest BCUT2D eigenvalue weighted by molar-refractivity contribution is -0.139. The summed E-state index contributed by atoms with van der Waals surface area (Å²) in [5.41, 5.74) is 3.45. The molecule has 2 aliphatic heterocycles. The fraction of sp³-hybridized carbons (Fsp3) is 0.222. The van der Waals surface area contributed by atoms with Crippen LogP contribution >= 0.6 is 11.3 Å². The Morgan fingerprint density at radius 2 is 1.91 bits per heavy atom. The van der Waals surface area contributed by atoms with Crippen LogP contribution in [-0.4, -0.2) is 23.2 Å². The van der Waals surface area contributed by atoms with E-state index in [-0.39, 0.29) is 18.3 Å². The number of thiazole rings is 1. The lowest BCUT2D eigenvalue weighted by atomic mass is 9.96. The largest absolute Gasteiger partial charge is 0.485 e. The van der Waals surface area contributed by atoms with E-state index in [1.165, 1.54) is 11.3 Å². The van der Waals surface area contributed by atoms with Gasteiger partial charge in [-0.3, -0.25) is 9.36 Å². The van der Waals surface area contributed by atoms with Crippen LogP contribution in [-0.2, 0) is 9.53 Å². The molecule has 0 spiro atoms. The van der Waals surface area contributed by atoms with Crippen LogP contribution in [0.5, 0.6) is 5.75 Å². The van der Waals surface area contributed by atoms with Crippen molar-refractivity contribution in [1.29, 1.82) is 0 Å². The molecule has 2 aliphatic rings. The summed E-state index contributed by atoms with van der Waals surface area (Å²) >= 11 is 1.31. The van der Waals surface area contributed by atoms with E-state index in [2.05, 4.69) is 4.99 Å². The number of benzene rings is 2. The fourth-order valence-electron chi connectivity index (χ4n) is 4.32. The monoisotopic (exact) mass is 472 g/mol. The minimum atomic E-state index is -0.603. The van der Waals surface area contributed by atoms with E-state index >= 15 is 0 Å². The Hall–Kier alpha value is -3.71. The number of nitrogens with zero attached hydrogens (tertiary/aromatic N) is 2. The first-order valence-electron chi connectivity index (χ1n) is 11.2. The molecule has 3 aromatic rings. The van der Waals surface area contributed by atoms with Crippen molar-refractivity contribution < 1.29 is 14.3 Å². The highest BCUT2D eigenvalue weighted by molar-refractivity contribution is 7.07. The molecular formula is C27H24N2O4S. The van der Waals surface area contributed by atoms with Gasteiger partial charge >= 0.3 is 5.97 Å². The molecule has 7 heteroatoms. The molecule has 3 heterocycles. The number of aromatic nitrogens is 1. The van der Waals surface area contributed by atoms with Crippen LogP contribution in [0.4, 0.5) is 0 Å². The van der Waals surface area contributed by atoms with Gasteiger partial charge in [0.05, 0.1) is 28.5 Å². The second kappa shape index (κ2) is 8.91. The van der Waals surface area contributed by atoms with Crippen molar-refractivity contribution in [1.82, 2.24) is 4.57 Å². The minimum Gasteiger partial charge on any atom is -0.485 e. The van der Waals surface area contributed by atoms with Gasteiger partial charge in [-0.25, -0.2) is 9.79 Å². The maximum atomic E-state index is 13.7. The lowest BCUT2D eigenvalue weighted by Crippen LogP contribution is -2.40. The summed E-state index contributed by atoms with van der Waals surface area (Å²) in [5, 5.41) is 0. The summed E-state index contributed by atoms with van der Waals surface area (Å²) in [5.74, 6) is 0.368. The van der Waals surface area contributed by atoms with Gasteiger partial charge in [-0.05, 0) is 50.1 Å². The molecule has 0 N–H and O–H groups in total. The Morgan fingerprint density at radius 1 is 1.18 bits per heavy atom. The Balaban J connectivity index is 1.69. The van der Waals surface area contributed by atoms with Crippen LogP contribution in [0, 0.1) is 0 Å². The number of para-hydroxylation sites is 1. The summed E-state index contributed by atoms with van der Waals surface area (Å²) in [6.45, 7) is 5.76. The molecule has 172 valence electrons. The number of hydrogen-bond acceptors (Lipinski definition) is 6. The molecule has 6 nitrogen and oxygen atoms in total. The standard InChI is InChI=1S/C27H24N2O4S/c1-4-32-26(31)23-16(2)28-27-29(24(23)18-10-6-5-7-11-18)25(30)22(34-27)15-20-14-19-12-8-9-13-21(19)33-17(20)3/h5-15,17,24H,4H2,1-3H3. The number of rotatable bonds is 4. The van der Waals surface area contributed by atoms with Crippen molar-refractivity contribution in [3.8, 4) is 5.75 Å². The Bertz CT molecular complexity index is 1510. The molecule has 5 rings (SSSR count). The number of allylic oxidation sites excluding steroid dienone is 1. The first-order valence-corrected chi connectivity index (χ1v) is 12.0. The molecule has 2 aromatic carbocycles. The zero-order valence-corrected chi connectivity index (χ0v) is 20.0. The SMILES string of the molecule is CCOC(=O)C1=C(C)N=c2sc(=CC3=Cc4ccccc4OC3C)c(=O)n2C1c1ccccc1. The third-order valence-corrected chi connectivity index (χ3v) is 6.93. The van der Waals surface area contributed by atoms with Crippen LogP contribution in [0.3, 0.4) is 0 Å². The van der Waals surface area contributed by atoms with Gasteiger partial charge in [0.2, 0.25) is 0 Å². The number of esters is 1. The van der Waals surface area contributed by atoms with E-state index in [9.17, 15) is 9.59 Å². The van der Waals surface area contributed by atoms with E-state index < -0.39 is 12.0 Å². The molecule has 0 fully saturated rings. The average molecular weight is 473 g/mol. The Labute approximate surface area is 200 Å². The van der Waals surface area contributed by atoms with Gasteiger partial charge in [-0.15, -0.1) is 0 Å². The van der Waals surface area contributed by atoms with Crippen molar-refractivity contribution in [2.75, 3.05) is 6.61 Å². The van der Waals surface area contributed by atoms with Crippen LogP contribution in [0.25, 0.3) is 12.2 Å². The topological polar surface area (TPSA) is 69.9 Å². The molecule has 2 unspecified atom stereocenters. The Kier molecular flexibility index (Phi) is 5.79. The van der Waals surface area contributed by atoms with E-state index in [1.807, 2.05) is 73.7 Å². The second-order valence-electron chi connectivity index (χ2n) is 8.16. The predicted octanol–water partition coefficient (Wildman–Crippen LogP) is 3.61.